The molecule has 0 atom stereocenters. The Morgan fingerprint density at radius 3 is 2.20 bits per heavy atom. The van der Waals surface area contributed by atoms with E-state index in [-0.39, 0.29) is 18.3 Å². The van der Waals surface area contributed by atoms with E-state index in [2.05, 4.69) is 29.3 Å². The smallest absolute Gasteiger partial charge is 0.410 e. The van der Waals surface area contributed by atoms with Crippen LogP contribution in [0.3, 0.4) is 0 Å². The Balaban J connectivity index is 0.000000370. The lowest BCUT2D eigenvalue weighted by Gasteiger charge is -2.23. The number of aromatic nitrogens is 2. The first-order chi connectivity index (χ1) is 11.6. The monoisotopic (exact) mass is 348 g/mol. The second kappa shape index (κ2) is 8.81. The maximum absolute atomic E-state index is 11.6. The fourth-order valence-electron chi connectivity index (χ4n) is 1.56. The molecule has 0 aliphatic heterocycles. The van der Waals surface area contributed by atoms with Crippen LogP contribution in [0.25, 0.3) is 0 Å². The van der Waals surface area contributed by atoms with Gasteiger partial charge in [0.2, 0.25) is 5.89 Å². The van der Waals surface area contributed by atoms with Crippen molar-refractivity contribution in [3.8, 4) is 0 Å². The molecule has 0 aliphatic carbocycles. The maximum Gasteiger partial charge on any atom is 0.410 e. The van der Waals surface area contributed by atoms with Gasteiger partial charge in [-0.15, -0.1) is 10.2 Å². The summed E-state index contributed by atoms with van der Waals surface area (Å²) in [7, 11) is 1.52. The topological polar surface area (TPSA) is 112 Å². The SMILES string of the molecule is CN(Cc1nnc(C(N)=O)o1)C(=O)OC(C)(C)C.Cc1ccccc1. The van der Waals surface area contributed by atoms with Crippen LogP contribution in [0.5, 0.6) is 0 Å². The van der Waals surface area contributed by atoms with Crippen LogP contribution < -0.4 is 5.73 Å². The molecule has 8 heteroatoms. The predicted molar refractivity (Wildman–Crippen MR) is 91.7 cm³/mol. The average molecular weight is 348 g/mol. The zero-order chi connectivity index (χ0) is 19.0. The van der Waals surface area contributed by atoms with E-state index in [4.69, 9.17) is 14.9 Å². The van der Waals surface area contributed by atoms with Crippen molar-refractivity contribution in [2.45, 2.75) is 39.8 Å². The molecule has 2 aromatic rings. The van der Waals surface area contributed by atoms with Gasteiger partial charge < -0.3 is 19.8 Å². The van der Waals surface area contributed by atoms with Crippen molar-refractivity contribution >= 4 is 12.0 Å². The molecule has 0 saturated heterocycles. The molecule has 0 bridgehead atoms. The van der Waals surface area contributed by atoms with Crippen molar-refractivity contribution in [3.05, 3.63) is 47.7 Å². The molecule has 0 aliphatic rings. The molecular formula is C17H24N4O4. The molecule has 0 fully saturated rings. The zero-order valence-corrected chi connectivity index (χ0v) is 15.1. The first-order valence-electron chi connectivity index (χ1n) is 7.66. The number of rotatable bonds is 3. The van der Waals surface area contributed by atoms with Gasteiger partial charge in [-0.2, -0.15) is 0 Å². The normalized spacial score (nSPS) is 10.4. The van der Waals surface area contributed by atoms with Crippen LogP contribution in [0.1, 0.15) is 42.9 Å². The van der Waals surface area contributed by atoms with E-state index >= 15 is 0 Å². The molecule has 0 saturated carbocycles. The summed E-state index contributed by atoms with van der Waals surface area (Å²) in [5.74, 6) is -0.992. The number of hydrogen-bond donors (Lipinski definition) is 1. The van der Waals surface area contributed by atoms with E-state index in [1.807, 2.05) is 18.2 Å². The van der Waals surface area contributed by atoms with Crippen molar-refractivity contribution in [1.82, 2.24) is 15.1 Å². The lowest BCUT2D eigenvalue weighted by Crippen LogP contribution is -2.33. The molecule has 0 radical (unpaired) electrons. The summed E-state index contributed by atoms with van der Waals surface area (Å²) < 4.78 is 10.1. The van der Waals surface area contributed by atoms with Crippen molar-refractivity contribution in [1.29, 1.82) is 0 Å². The minimum Gasteiger partial charge on any atom is -0.444 e. The molecule has 136 valence electrons. The van der Waals surface area contributed by atoms with Crippen molar-refractivity contribution < 1.29 is 18.7 Å². The first-order valence-corrected chi connectivity index (χ1v) is 7.66. The van der Waals surface area contributed by atoms with Gasteiger partial charge in [-0.05, 0) is 27.7 Å². The van der Waals surface area contributed by atoms with E-state index in [1.165, 1.54) is 17.5 Å². The van der Waals surface area contributed by atoms with Crippen LogP contribution in [0.4, 0.5) is 4.79 Å². The van der Waals surface area contributed by atoms with Gasteiger partial charge >= 0.3 is 17.9 Å². The van der Waals surface area contributed by atoms with E-state index in [1.54, 1.807) is 20.8 Å². The van der Waals surface area contributed by atoms with Gasteiger partial charge in [0.15, 0.2) is 0 Å². The molecule has 2 N–H and O–H groups in total. The number of nitrogens with two attached hydrogens (primary N) is 1. The highest BCUT2D eigenvalue weighted by Crippen LogP contribution is 2.11. The standard InChI is InChI=1S/C10H16N4O4.C7H8/c1-10(2,3)18-9(16)14(4)5-6-12-13-8(17-6)7(11)15;1-7-5-3-2-4-6-7/h5H2,1-4H3,(H2,11,15);2-6H,1H3. The third kappa shape index (κ3) is 7.96. The van der Waals surface area contributed by atoms with Gasteiger partial charge in [0, 0.05) is 7.05 Å². The quantitative estimate of drug-likeness (QED) is 0.912. The summed E-state index contributed by atoms with van der Waals surface area (Å²) in [5.41, 5.74) is 5.70. The highest BCUT2D eigenvalue weighted by molar-refractivity contribution is 5.87. The van der Waals surface area contributed by atoms with Crippen LogP contribution in [0.15, 0.2) is 34.7 Å². The van der Waals surface area contributed by atoms with E-state index in [0.717, 1.165) is 0 Å². The van der Waals surface area contributed by atoms with Crippen molar-refractivity contribution in [2.24, 2.45) is 5.73 Å². The molecular weight excluding hydrogens is 324 g/mol. The summed E-state index contributed by atoms with van der Waals surface area (Å²) in [6, 6.07) is 10.3. The summed E-state index contributed by atoms with van der Waals surface area (Å²) >= 11 is 0. The molecule has 2 amide bonds. The van der Waals surface area contributed by atoms with E-state index in [0.29, 0.717) is 0 Å². The Labute approximate surface area is 147 Å². The highest BCUT2D eigenvalue weighted by atomic mass is 16.6. The fourth-order valence-corrected chi connectivity index (χ4v) is 1.56. The molecule has 8 nitrogen and oxygen atoms in total. The Kier molecular flexibility index (Phi) is 7.10. The number of carbonyl (C=O) groups is 2. The lowest BCUT2D eigenvalue weighted by atomic mass is 10.2. The van der Waals surface area contributed by atoms with Gasteiger partial charge in [-0.3, -0.25) is 4.79 Å². The number of aryl methyl sites for hydroxylation is 1. The fraction of sp³-hybridized carbons (Fsp3) is 0.412. The van der Waals surface area contributed by atoms with Gasteiger partial charge in [-0.25, -0.2) is 4.79 Å². The number of amides is 2. The van der Waals surface area contributed by atoms with E-state index < -0.39 is 17.6 Å². The molecule has 2 rings (SSSR count). The summed E-state index contributed by atoms with van der Waals surface area (Å²) in [6.45, 7) is 7.40. The Hall–Kier alpha value is -2.90. The lowest BCUT2D eigenvalue weighted by molar-refractivity contribution is 0.0271. The second-order valence-electron chi connectivity index (χ2n) is 6.36. The molecule has 1 heterocycles. The minimum atomic E-state index is -0.811. The molecule has 1 aromatic heterocycles. The number of nitrogens with zero attached hydrogens (tertiary/aromatic N) is 3. The number of ether oxygens (including phenoxy) is 1. The molecule has 25 heavy (non-hydrogen) atoms. The van der Waals surface area contributed by atoms with Crippen molar-refractivity contribution in [2.75, 3.05) is 7.05 Å². The molecule has 1 aromatic carbocycles. The van der Waals surface area contributed by atoms with E-state index in [9.17, 15) is 9.59 Å². The molecule has 0 unspecified atom stereocenters. The Morgan fingerprint density at radius 1 is 1.20 bits per heavy atom. The number of carbonyl (C=O) groups excluding carboxylic acids is 2. The van der Waals surface area contributed by atoms with Crippen LogP contribution >= 0.6 is 0 Å². The third-order valence-corrected chi connectivity index (χ3v) is 2.70. The van der Waals surface area contributed by atoms with Crippen LogP contribution in [0.2, 0.25) is 0 Å². The summed E-state index contributed by atoms with van der Waals surface area (Å²) in [4.78, 5) is 23.6. The van der Waals surface area contributed by atoms with Gasteiger partial charge in [0.1, 0.15) is 12.1 Å². The zero-order valence-electron chi connectivity index (χ0n) is 15.1. The third-order valence-electron chi connectivity index (χ3n) is 2.70. The minimum absolute atomic E-state index is 0.0369. The Bertz CT molecular complexity index is 692. The predicted octanol–water partition coefficient (Wildman–Crippen LogP) is 2.53. The first kappa shape index (κ1) is 20.1. The second-order valence-corrected chi connectivity index (χ2v) is 6.36. The summed E-state index contributed by atoms with van der Waals surface area (Å²) in [6.07, 6.45) is -0.527. The van der Waals surface area contributed by atoms with Gasteiger partial charge in [-0.1, -0.05) is 35.9 Å². The summed E-state index contributed by atoms with van der Waals surface area (Å²) in [5, 5.41) is 7.02. The van der Waals surface area contributed by atoms with Crippen LogP contribution in [-0.2, 0) is 11.3 Å². The van der Waals surface area contributed by atoms with Crippen LogP contribution in [-0.4, -0.2) is 39.7 Å². The van der Waals surface area contributed by atoms with Crippen molar-refractivity contribution in [3.63, 3.8) is 0 Å². The van der Waals surface area contributed by atoms with Gasteiger partial charge in [0.25, 0.3) is 0 Å². The molecule has 0 spiro atoms. The number of hydrogen-bond acceptors (Lipinski definition) is 6. The number of benzene rings is 1. The largest absolute Gasteiger partial charge is 0.444 e. The Morgan fingerprint density at radius 2 is 1.80 bits per heavy atom. The van der Waals surface area contributed by atoms with Crippen LogP contribution in [0, 0.1) is 6.92 Å². The maximum atomic E-state index is 11.6. The highest BCUT2D eigenvalue weighted by Gasteiger charge is 2.21. The van der Waals surface area contributed by atoms with Gasteiger partial charge in [0.05, 0.1) is 0 Å². The number of primary amides is 1. The average Bonchev–Trinajstić information content (AvgIpc) is 2.95.